The highest BCUT2D eigenvalue weighted by atomic mass is 16.1. The molecule has 5 heteroatoms. The predicted octanol–water partition coefficient (Wildman–Crippen LogP) is 3.96. The summed E-state index contributed by atoms with van der Waals surface area (Å²) >= 11 is 0. The number of nitrogens with one attached hydrogen (secondary N) is 2. The highest BCUT2D eigenvalue weighted by Crippen LogP contribution is 2.15. The Balaban J connectivity index is 1.68. The molecule has 3 aromatic rings. The molecule has 3 rings (SSSR count). The number of aromatic nitrogens is 2. The number of amides is 1. The molecule has 126 valence electrons. The van der Waals surface area contributed by atoms with Crippen molar-refractivity contribution in [2.24, 2.45) is 0 Å². The zero-order valence-corrected chi connectivity index (χ0v) is 14.3. The molecule has 1 heterocycles. The molecule has 0 aliphatic rings. The third kappa shape index (κ3) is 4.41. The van der Waals surface area contributed by atoms with Crippen molar-refractivity contribution in [3.63, 3.8) is 0 Å². The van der Waals surface area contributed by atoms with Gasteiger partial charge in [-0.05, 0) is 31.0 Å². The molecule has 0 unspecified atom stereocenters. The summed E-state index contributed by atoms with van der Waals surface area (Å²) in [5, 5.41) is 6.11. The Morgan fingerprint density at radius 3 is 2.64 bits per heavy atom. The second kappa shape index (κ2) is 7.57. The quantitative estimate of drug-likeness (QED) is 0.742. The molecule has 0 bridgehead atoms. The lowest BCUT2D eigenvalue weighted by Crippen LogP contribution is -2.15. The Bertz CT molecular complexity index is 892. The highest BCUT2D eigenvalue weighted by molar-refractivity contribution is 6.03. The van der Waals surface area contributed by atoms with E-state index in [1.165, 1.54) is 11.9 Å². The van der Waals surface area contributed by atoms with Crippen LogP contribution < -0.4 is 10.6 Å². The maximum atomic E-state index is 12.4. The predicted molar refractivity (Wildman–Crippen MR) is 99.7 cm³/mol. The van der Waals surface area contributed by atoms with Gasteiger partial charge in [-0.15, -0.1) is 0 Å². The zero-order valence-electron chi connectivity index (χ0n) is 14.3. The minimum Gasteiger partial charge on any atom is -0.366 e. The van der Waals surface area contributed by atoms with Crippen molar-refractivity contribution in [2.45, 2.75) is 20.4 Å². The minimum atomic E-state index is -0.254. The van der Waals surface area contributed by atoms with E-state index in [4.69, 9.17) is 0 Å². The third-order valence-electron chi connectivity index (χ3n) is 3.85. The van der Waals surface area contributed by atoms with Gasteiger partial charge in [0, 0.05) is 18.3 Å². The standard InChI is InChI=1S/C20H20N4O/c1-14-6-5-8-16(10-14)12-21-19-11-18(22-13-23-19)20(25)24-17-9-4-3-7-15(17)2/h3-11,13H,12H2,1-2H3,(H,24,25)(H,21,22,23). The van der Waals surface area contributed by atoms with Crippen LogP contribution in [0.1, 0.15) is 27.2 Å². The average Bonchev–Trinajstić information content (AvgIpc) is 2.62. The Labute approximate surface area is 147 Å². The summed E-state index contributed by atoms with van der Waals surface area (Å²) in [7, 11) is 0. The summed E-state index contributed by atoms with van der Waals surface area (Å²) in [6.45, 7) is 4.64. The first-order valence-corrected chi connectivity index (χ1v) is 8.10. The van der Waals surface area contributed by atoms with E-state index in [2.05, 4.69) is 39.7 Å². The molecule has 2 N–H and O–H groups in total. The first kappa shape index (κ1) is 16.6. The lowest BCUT2D eigenvalue weighted by molar-refractivity contribution is 0.102. The average molecular weight is 332 g/mol. The van der Waals surface area contributed by atoms with Gasteiger partial charge in [-0.25, -0.2) is 9.97 Å². The number of carbonyl (C=O) groups excluding carboxylic acids is 1. The normalized spacial score (nSPS) is 10.3. The summed E-state index contributed by atoms with van der Waals surface area (Å²) in [6, 6.07) is 17.5. The fraction of sp³-hybridized carbons (Fsp3) is 0.150. The number of para-hydroxylation sites is 1. The van der Waals surface area contributed by atoms with Crippen LogP contribution in [0.2, 0.25) is 0 Å². The van der Waals surface area contributed by atoms with Crippen LogP contribution in [0.3, 0.4) is 0 Å². The molecule has 5 nitrogen and oxygen atoms in total. The topological polar surface area (TPSA) is 66.9 Å². The summed E-state index contributed by atoms with van der Waals surface area (Å²) < 4.78 is 0. The number of benzene rings is 2. The Hall–Kier alpha value is -3.21. The van der Waals surface area contributed by atoms with E-state index in [1.54, 1.807) is 6.07 Å². The molecular formula is C20H20N4O. The summed E-state index contributed by atoms with van der Waals surface area (Å²) in [4.78, 5) is 20.7. The van der Waals surface area contributed by atoms with Crippen LogP contribution >= 0.6 is 0 Å². The van der Waals surface area contributed by atoms with Crippen molar-refractivity contribution in [3.8, 4) is 0 Å². The van der Waals surface area contributed by atoms with E-state index >= 15 is 0 Å². The van der Waals surface area contributed by atoms with Crippen LogP contribution in [0.4, 0.5) is 11.5 Å². The van der Waals surface area contributed by atoms with Gasteiger partial charge in [-0.3, -0.25) is 4.79 Å². The zero-order chi connectivity index (χ0) is 17.6. The molecule has 0 aliphatic heterocycles. The minimum absolute atomic E-state index is 0.254. The van der Waals surface area contributed by atoms with Gasteiger partial charge in [-0.1, -0.05) is 48.0 Å². The molecule has 0 radical (unpaired) electrons. The van der Waals surface area contributed by atoms with Crippen LogP contribution in [0.15, 0.2) is 60.9 Å². The molecule has 0 saturated heterocycles. The maximum Gasteiger partial charge on any atom is 0.274 e. The number of nitrogens with zero attached hydrogens (tertiary/aromatic N) is 2. The number of rotatable bonds is 5. The molecule has 0 atom stereocenters. The number of aryl methyl sites for hydroxylation is 2. The smallest absolute Gasteiger partial charge is 0.274 e. The number of anilines is 2. The molecule has 2 aromatic carbocycles. The van der Waals surface area contributed by atoms with Crippen LogP contribution in [-0.4, -0.2) is 15.9 Å². The van der Waals surface area contributed by atoms with Crippen LogP contribution in [-0.2, 0) is 6.54 Å². The number of hydrogen-bond acceptors (Lipinski definition) is 4. The summed E-state index contributed by atoms with van der Waals surface area (Å²) in [5.74, 6) is 0.363. The van der Waals surface area contributed by atoms with Crippen molar-refractivity contribution in [3.05, 3.63) is 83.3 Å². The maximum absolute atomic E-state index is 12.4. The van der Waals surface area contributed by atoms with Crippen molar-refractivity contribution in [1.29, 1.82) is 0 Å². The van der Waals surface area contributed by atoms with E-state index in [1.807, 2.05) is 43.3 Å². The molecule has 1 aromatic heterocycles. The van der Waals surface area contributed by atoms with Crippen molar-refractivity contribution < 1.29 is 4.79 Å². The van der Waals surface area contributed by atoms with E-state index in [0.29, 0.717) is 18.1 Å². The Kier molecular flexibility index (Phi) is 5.04. The van der Waals surface area contributed by atoms with Gasteiger partial charge >= 0.3 is 0 Å². The summed E-state index contributed by atoms with van der Waals surface area (Å²) in [5.41, 5.74) is 4.47. The molecule has 1 amide bonds. The van der Waals surface area contributed by atoms with Crippen molar-refractivity contribution in [1.82, 2.24) is 9.97 Å². The van der Waals surface area contributed by atoms with Gasteiger partial charge in [0.15, 0.2) is 0 Å². The molecule has 0 saturated carbocycles. The van der Waals surface area contributed by atoms with E-state index in [9.17, 15) is 4.79 Å². The lowest BCUT2D eigenvalue weighted by atomic mass is 10.1. The first-order valence-electron chi connectivity index (χ1n) is 8.10. The van der Waals surface area contributed by atoms with E-state index in [0.717, 1.165) is 16.8 Å². The Morgan fingerprint density at radius 1 is 1.00 bits per heavy atom. The SMILES string of the molecule is Cc1cccc(CNc2cc(C(=O)Nc3ccccc3C)ncn2)c1. The van der Waals surface area contributed by atoms with Gasteiger partial charge in [-0.2, -0.15) is 0 Å². The molecule has 25 heavy (non-hydrogen) atoms. The molecule has 0 aliphatic carbocycles. The van der Waals surface area contributed by atoms with Gasteiger partial charge < -0.3 is 10.6 Å². The van der Waals surface area contributed by atoms with Gasteiger partial charge in [0.05, 0.1) is 0 Å². The lowest BCUT2D eigenvalue weighted by Gasteiger charge is -2.09. The number of hydrogen-bond donors (Lipinski definition) is 2. The third-order valence-corrected chi connectivity index (χ3v) is 3.85. The Morgan fingerprint density at radius 2 is 1.84 bits per heavy atom. The van der Waals surface area contributed by atoms with Gasteiger partial charge in [0.25, 0.3) is 5.91 Å². The van der Waals surface area contributed by atoms with E-state index < -0.39 is 0 Å². The molecular weight excluding hydrogens is 312 g/mol. The largest absolute Gasteiger partial charge is 0.366 e. The van der Waals surface area contributed by atoms with E-state index in [-0.39, 0.29) is 5.91 Å². The highest BCUT2D eigenvalue weighted by Gasteiger charge is 2.10. The van der Waals surface area contributed by atoms with Gasteiger partial charge in [0.1, 0.15) is 17.8 Å². The van der Waals surface area contributed by atoms with Crippen molar-refractivity contribution in [2.75, 3.05) is 10.6 Å². The second-order valence-electron chi connectivity index (χ2n) is 5.90. The summed E-state index contributed by atoms with van der Waals surface area (Å²) in [6.07, 6.45) is 1.39. The fourth-order valence-corrected chi connectivity index (χ4v) is 2.49. The van der Waals surface area contributed by atoms with Crippen molar-refractivity contribution >= 4 is 17.4 Å². The molecule has 0 spiro atoms. The van der Waals surface area contributed by atoms with Crippen LogP contribution in [0, 0.1) is 13.8 Å². The second-order valence-corrected chi connectivity index (χ2v) is 5.90. The van der Waals surface area contributed by atoms with Crippen LogP contribution in [0.25, 0.3) is 0 Å². The van der Waals surface area contributed by atoms with Gasteiger partial charge in [0.2, 0.25) is 0 Å². The monoisotopic (exact) mass is 332 g/mol. The fourth-order valence-electron chi connectivity index (χ4n) is 2.49. The van der Waals surface area contributed by atoms with Crippen LogP contribution in [0.5, 0.6) is 0 Å². The first-order chi connectivity index (χ1) is 12.1. The molecule has 0 fully saturated rings. The number of carbonyl (C=O) groups is 1.